The molecule has 6 nitrogen and oxygen atoms in total. The van der Waals surface area contributed by atoms with Crippen LogP contribution in [0.25, 0.3) is 6.08 Å². The zero-order chi connectivity index (χ0) is 23.2. The molecule has 0 atom stereocenters. The lowest BCUT2D eigenvalue weighted by Gasteiger charge is -2.11. The first kappa shape index (κ1) is 22.1. The Labute approximate surface area is 190 Å². The molecule has 168 valence electrons. The van der Waals surface area contributed by atoms with E-state index >= 15 is 0 Å². The summed E-state index contributed by atoms with van der Waals surface area (Å²) in [5.74, 6) is 0.952. The van der Waals surface area contributed by atoms with Gasteiger partial charge in [0.1, 0.15) is 18.2 Å². The number of esters is 1. The van der Waals surface area contributed by atoms with Crippen molar-refractivity contribution < 1.29 is 28.1 Å². The van der Waals surface area contributed by atoms with E-state index in [9.17, 15) is 9.18 Å². The second kappa shape index (κ2) is 9.99. The number of hydrogen-bond donors (Lipinski definition) is 0. The first-order valence-electron chi connectivity index (χ1n) is 10.4. The number of halogens is 1. The second-order valence-electron chi connectivity index (χ2n) is 7.09. The molecule has 0 spiro atoms. The molecule has 4 rings (SSSR count). The van der Waals surface area contributed by atoms with Crippen LogP contribution in [-0.2, 0) is 16.1 Å². The van der Waals surface area contributed by atoms with Crippen LogP contribution in [0.5, 0.6) is 17.2 Å². The van der Waals surface area contributed by atoms with Crippen LogP contribution in [-0.4, -0.2) is 25.6 Å². The van der Waals surface area contributed by atoms with Gasteiger partial charge >= 0.3 is 5.97 Å². The lowest BCUT2D eigenvalue weighted by molar-refractivity contribution is -0.129. The lowest BCUT2D eigenvalue weighted by atomic mass is 10.1. The van der Waals surface area contributed by atoms with Crippen molar-refractivity contribution >= 4 is 17.9 Å². The Balaban J connectivity index is 1.54. The Kier molecular flexibility index (Phi) is 6.69. The SMILES string of the molecule is CCOc1ccccc1C1=N/C(=C/c2ccc(OCc3ccc(F)cc3)c(OC)c2)C(=O)O1. The number of para-hydroxylation sites is 1. The van der Waals surface area contributed by atoms with E-state index in [-0.39, 0.29) is 24.0 Å². The van der Waals surface area contributed by atoms with Crippen molar-refractivity contribution in [3.05, 3.63) is 94.9 Å². The monoisotopic (exact) mass is 447 g/mol. The highest BCUT2D eigenvalue weighted by atomic mass is 19.1. The van der Waals surface area contributed by atoms with E-state index in [0.29, 0.717) is 35.0 Å². The fourth-order valence-corrected chi connectivity index (χ4v) is 3.24. The van der Waals surface area contributed by atoms with Gasteiger partial charge in [0.2, 0.25) is 5.90 Å². The molecular weight excluding hydrogens is 425 g/mol. The zero-order valence-corrected chi connectivity index (χ0v) is 18.2. The van der Waals surface area contributed by atoms with Crippen molar-refractivity contribution in [2.24, 2.45) is 4.99 Å². The van der Waals surface area contributed by atoms with Crippen molar-refractivity contribution in [3.8, 4) is 17.2 Å². The van der Waals surface area contributed by atoms with E-state index in [1.54, 1.807) is 48.5 Å². The Morgan fingerprint density at radius 1 is 0.970 bits per heavy atom. The Morgan fingerprint density at radius 2 is 1.76 bits per heavy atom. The third kappa shape index (κ3) is 5.20. The average molecular weight is 447 g/mol. The van der Waals surface area contributed by atoms with Crippen LogP contribution < -0.4 is 14.2 Å². The molecule has 1 aliphatic heterocycles. The fourth-order valence-electron chi connectivity index (χ4n) is 3.24. The van der Waals surface area contributed by atoms with Gasteiger partial charge in [-0.3, -0.25) is 0 Å². The largest absolute Gasteiger partial charge is 0.493 e. The van der Waals surface area contributed by atoms with Crippen molar-refractivity contribution in [2.45, 2.75) is 13.5 Å². The topological polar surface area (TPSA) is 66.3 Å². The summed E-state index contributed by atoms with van der Waals surface area (Å²) in [4.78, 5) is 16.8. The van der Waals surface area contributed by atoms with Crippen LogP contribution in [0, 0.1) is 5.82 Å². The number of methoxy groups -OCH3 is 1. The standard InChI is InChI=1S/C26H22FNO5/c1-3-31-22-7-5-4-6-20(22)25-28-21(26(29)33-25)14-18-10-13-23(24(15-18)30-2)32-16-17-8-11-19(27)12-9-17/h4-15H,3,16H2,1-2H3/b21-14+. The molecule has 0 radical (unpaired) electrons. The van der Waals surface area contributed by atoms with Crippen LogP contribution in [0.3, 0.4) is 0 Å². The molecule has 0 amide bonds. The number of carbonyl (C=O) groups is 1. The van der Waals surface area contributed by atoms with E-state index in [1.807, 2.05) is 19.1 Å². The van der Waals surface area contributed by atoms with Crippen molar-refractivity contribution in [2.75, 3.05) is 13.7 Å². The van der Waals surface area contributed by atoms with E-state index in [4.69, 9.17) is 18.9 Å². The van der Waals surface area contributed by atoms with E-state index in [1.165, 1.54) is 19.2 Å². The second-order valence-corrected chi connectivity index (χ2v) is 7.09. The number of aliphatic imine (C=N–C) groups is 1. The predicted octanol–water partition coefficient (Wildman–Crippen LogP) is 5.16. The van der Waals surface area contributed by atoms with Gasteiger partial charge in [0.05, 0.1) is 19.3 Å². The van der Waals surface area contributed by atoms with E-state index in [0.717, 1.165) is 5.56 Å². The maximum absolute atomic E-state index is 13.1. The van der Waals surface area contributed by atoms with Gasteiger partial charge in [0.25, 0.3) is 0 Å². The molecule has 0 aromatic heterocycles. The highest BCUT2D eigenvalue weighted by Gasteiger charge is 2.26. The average Bonchev–Trinajstić information content (AvgIpc) is 3.19. The number of carbonyl (C=O) groups excluding carboxylic acids is 1. The summed E-state index contributed by atoms with van der Waals surface area (Å²) in [5, 5.41) is 0. The Morgan fingerprint density at radius 3 is 2.52 bits per heavy atom. The maximum Gasteiger partial charge on any atom is 0.363 e. The Bertz CT molecular complexity index is 1220. The molecule has 1 aliphatic rings. The maximum atomic E-state index is 13.1. The minimum atomic E-state index is -0.549. The molecular formula is C26H22FNO5. The van der Waals surface area contributed by atoms with Crippen molar-refractivity contribution in [3.63, 3.8) is 0 Å². The van der Waals surface area contributed by atoms with E-state index in [2.05, 4.69) is 4.99 Å². The quantitative estimate of drug-likeness (QED) is 0.353. The minimum Gasteiger partial charge on any atom is -0.493 e. The first-order chi connectivity index (χ1) is 16.1. The lowest BCUT2D eigenvalue weighted by Crippen LogP contribution is -2.07. The molecule has 3 aromatic carbocycles. The van der Waals surface area contributed by atoms with Gasteiger partial charge in [-0.05, 0) is 60.5 Å². The number of ether oxygens (including phenoxy) is 4. The molecule has 33 heavy (non-hydrogen) atoms. The Hall–Kier alpha value is -4.13. The summed E-state index contributed by atoms with van der Waals surface area (Å²) in [7, 11) is 1.53. The van der Waals surface area contributed by atoms with Gasteiger partial charge in [-0.2, -0.15) is 0 Å². The molecule has 3 aromatic rings. The minimum absolute atomic E-state index is 0.165. The molecule has 7 heteroatoms. The molecule has 1 heterocycles. The van der Waals surface area contributed by atoms with Gasteiger partial charge in [-0.1, -0.05) is 30.3 Å². The summed E-state index contributed by atoms with van der Waals surface area (Å²) in [6, 6.07) is 18.6. The molecule has 0 aliphatic carbocycles. The summed E-state index contributed by atoms with van der Waals surface area (Å²) in [6.07, 6.45) is 1.62. The molecule has 0 N–H and O–H groups in total. The highest BCUT2D eigenvalue weighted by molar-refractivity contribution is 6.13. The van der Waals surface area contributed by atoms with Crippen molar-refractivity contribution in [1.82, 2.24) is 0 Å². The summed E-state index contributed by atoms with van der Waals surface area (Å²) in [5.41, 5.74) is 2.29. The summed E-state index contributed by atoms with van der Waals surface area (Å²) < 4.78 is 35.3. The first-order valence-corrected chi connectivity index (χ1v) is 10.4. The number of hydrogen-bond acceptors (Lipinski definition) is 6. The van der Waals surface area contributed by atoms with Crippen LogP contribution in [0.15, 0.2) is 77.4 Å². The van der Waals surface area contributed by atoms with Gasteiger partial charge in [0.15, 0.2) is 17.2 Å². The van der Waals surface area contributed by atoms with E-state index < -0.39 is 5.97 Å². The predicted molar refractivity (Wildman–Crippen MR) is 122 cm³/mol. The zero-order valence-electron chi connectivity index (χ0n) is 18.2. The third-order valence-electron chi connectivity index (χ3n) is 4.84. The molecule has 0 saturated carbocycles. The van der Waals surface area contributed by atoms with Gasteiger partial charge < -0.3 is 18.9 Å². The summed E-state index contributed by atoms with van der Waals surface area (Å²) in [6.45, 7) is 2.62. The number of cyclic esters (lactones) is 1. The van der Waals surface area contributed by atoms with Gasteiger partial charge in [-0.25, -0.2) is 14.2 Å². The number of rotatable bonds is 8. The molecule has 0 fully saturated rings. The highest BCUT2D eigenvalue weighted by Crippen LogP contribution is 2.31. The molecule has 0 unspecified atom stereocenters. The fraction of sp³-hybridized carbons (Fsp3) is 0.154. The van der Waals surface area contributed by atoms with Gasteiger partial charge in [-0.15, -0.1) is 0 Å². The van der Waals surface area contributed by atoms with Crippen LogP contribution in [0.1, 0.15) is 23.6 Å². The summed E-state index contributed by atoms with van der Waals surface area (Å²) >= 11 is 0. The number of nitrogens with zero attached hydrogens (tertiary/aromatic N) is 1. The molecule has 0 saturated heterocycles. The number of benzene rings is 3. The normalized spacial score (nSPS) is 14.1. The smallest absolute Gasteiger partial charge is 0.363 e. The van der Waals surface area contributed by atoms with Crippen molar-refractivity contribution in [1.29, 1.82) is 0 Å². The van der Waals surface area contributed by atoms with Crippen LogP contribution in [0.2, 0.25) is 0 Å². The molecule has 0 bridgehead atoms. The van der Waals surface area contributed by atoms with Crippen LogP contribution >= 0.6 is 0 Å². The van der Waals surface area contributed by atoms with Crippen LogP contribution in [0.4, 0.5) is 4.39 Å². The third-order valence-corrected chi connectivity index (χ3v) is 4.84. The van der Waals surface area contributed by atoms with Gasteiger partial charge in [0, 0.05) is 0 Å².